The molecular formula is C24H28N3OS+. The number of quaternary nitrogens is 1. The monoisotopic (exact) mass is 406 g/mol. The Morgan fingerprint density at radius 1 is 1.10 bits per heavy atom. The van der Waals surface area contributed by atoms with Crippen molar-refractivity contribution in [3.8, 4) is 11.1 Å². The SMILES string of the molecule is CN(C)c1ccc(-c2ccc(=O)n3c2[C@@H]2C[C@H](C3)C[NH+](Cc3cccs3)C2)cc1. The van der Waals surface area contributed by atoms with Crippen LogP contribution in [0.2, 0.25) is 0 Å². The molecule has 1 aromatic carbocycles. The number of hydrogen-bond donors (Lipinski definition) is 1. The summed E-state index contributed by atoms with van der Waals surface area (Å²) >= 11 is 1.86. The molecule has 4 nitrogen and oxygen atoms in total. The second-order valence-electron chi connectivity index (χ2n) is 8.74. The Balaban J connectivity index is 1.51. The average Bonchev–Trinajstić information content (AvgIpc) is 3.22. The van der Waals surface area contributed by atoms with Crippen molar-refractivity contribution in [1.29, 1.82) is 0 Å². The van der Waals surface area contributed by atoms with Gasteiger partial charge in [0, 0.05) is 55.5 Å². The number of nitrogens with one attached hydrogen (secondary N) is 1. The molecule has 2 aliphatic heterocycles. The molecule has 29 heavy (non-hydrogen) atoms. The third kappa shape index (κ3) is 3.53. The molecule has 0 spiro atoms. The summed E-state index contributed by atoms with van der Waals surface area (Å²) in [6.45, 7) is 4.25. The summed E-state index contributed by atoms with van der Waals surface area (Å²) in [5, 5.41) is 2.17. The highest BCUT2D eigenvalue weighted by Gasteiger charge is 2.38. The predicted molar refractivity (Wildman–Crippen MR) is 120 cm³/mol. The van der Waals surface area contributed by atoms with Gasteiger partial charge in [-0.05, 0) is 41.6 Å². The van der Waals surface area contributed by atoms with Gasteiger partial charge in [-0.2, -0.15) is 0 Å². The number of aromatic nitrogens is 1. The lowest BCUT2D eigenvalue weighted by Gasteiger charge is -2.41. The highest BCUT2D eigenvalue weighted by atomic mass is 32.1. The quantitative estimate of drug-likeness (QED) is 0.722. The fourth-order valence-corrected chi connectivity index (χ4v) is 6.00. The zero-order chi connectivity index (χ0) is 20.0. The Hall–Kier alpha value is -2.37. The molecule has 0 amide bonds. The molecule has 5 heteroatoms. The fraction of sp³-hybridized carbons (Fsp3) is 0.375. The Morgan fingerprint density at radius 2 is 1.93 bits per heavy atom. The first kappa shape index (κ1) is 18.6. The van der Waals surface area contributed by atoms with Crippen molar-refractivity contribution in [1.82, 2.24) is 4.57 Å². The summed E-state index contributed by atoms with van der Waals surface area (Å²) in [5.41, 5.74) is 5.05. The van der Waals surface area contributed by atoms with Gasteiger partial charge in [0.25, 0.3) is 5.56 Å². The molecule has 1 fully saturated rings. The number of benzene rings is 1. The van der Waals surface area contributed by atoms with Crippen molar-refractivity contribution < 1.29 is 4.90 Å². The number of nitrogens with zero attached hydrogens (tertiary/aromatic N) is 2. The molecule has 4 heterocycles. The zero-order valence-electron chi connectivity index (χ0n) is 17.1. The van der Waals surface area contributed by atoms with Crippen LogP contribution in [0.5, 0.6) is 0 Å². The number of anilines is 1. The van der Waals surface area contributed by atoms with Gasteiger partial charge in [0.05, 0.1) is 18.0 Å². The lowest BCUT2D eigenvalue weighted by atomic mass is 9.80. The van der Waals surface area contributed by atoms with Crippen molar-refractivity contribution in [2.75, 3.05) is 32.1 Å². The van der Waals surface area contributed by atoms with E-state index >= 15 is 0 Å². The number of hydrogen-bond acceptors (Lipinski definition) is 3. The fourth-order valence-electron chi connectivity index (χ4n) is 5.22. The third-order valence-corrected chi connectivity index (χ3v) is 7.36. The van der Waals surface area contributed by atoms with E-state index in [2.05, 4.69) is 65.3 Å². The number of rotatable bonds is 4. The van der Waals surface area contributed by atoms with Crippen LogP contribution in [0, 0.1) is 5.92 Å². The van der Waals surface area contributed by atoms with E-state index in [1.807, 2.05) is 17.4 Å². The van der Waals surface area contributed by atoms with Crippen LogP contribution in [0.25, 0.3) is 11.1 Å². The molecule has 2 aromatic heterocycles. The molecule has 5 rings (SSSR count). The summed E-state index contributed by atoms with van der Waals surface area (Å²) < 4.78 is 2.08. The molecule has 0 radical (unpaired) electrons. The van der Waals surface area contributed by atoms with Crippen molar-refractivity contribution in [3.05, 3.63) is 74.8 Å². The standard InChI is InChI=1S/C24H27N3OS/c1-25(2)20-7-5-18(6-8-20)22-9-10-23(28)27-14-17-12-19(24(22)27)15-26(13-17)16-21-4-3-11-29-21/h3-11,17,19H,12-16H2,1-2H3/p+1/t17-,19+/m0/s1. The molecule has 150 valence electrons. The van der Waals surface area contributed by atoms with Gasteiger partial charge in [0.1, 0.15) is 6.54 Å². The second kappa shape index (κ2) is 7.47. The van der Waals surface area contributed by atoms with Gasteiger partial charge in [-0.25, -0.2) is 0 Å². The van der Waals surface area contributed by atoms with Crippen LogP contribution in [-0.4, -0.2) is 31.8 Å². The van der Waals surface area contributed by atoms with Crippen LogP contribution in [0.15, 0.2) is 58.7 Å². The van der Waals surface area contributed by atoms with Gasteiger partial charge in [0.15, 0.2) is 0 Å². The summed E-state index contributed by atoms with van der Waals surface area (Å²) in [6, 6.07) is 16.9. The first-order chi connectivity index (χ1) is 14.1. The lowest BCUT2D eigenvalue weighted by Crippen LogP contribution is -3.13. The van der Waals surface area contributed by atoms with Gasteiger partial charge in [-0.1, -0.05) is 18.2 Å². The van der Waals surface area contributed by atoms with E-state index in [0.29, 0.717) is 11.8 Å². The van der Waals surface area contributed by atoms with E-state index in [1.54, 1.807) is 11.0 Å². The maximum Gasteiger partial charge on any atom is 0.250 e. The van der Waals surface area contributed by atoms with E-state index in [9.17, 15) is 4.79 Å². The summed E-state index contributed by atoms with van der Waals surface area (Å²) in [6.07, 6.45) is 1.21. The lowest BCUT2D eigenvalue weighted by molar-refractivity contribution is -0.924. The number of pyridine rings is 1. The van der Waals surface area contributed by atoms with E-state index < -0.39 is 0 Å². The van der Waals surface area contributed by atoms with E-state index in [1.165, 1.54) is 40.4 Å². The van der Waals surface area contributed by atoms with Crippen LogP contribution >= 0.6 is 11.3 Å². The van der Waals surface area contributed by atoms with Crippen molar-refractivity contribution in [3.63, 3.8) is 0 Å². The van der Waals surface area contributed by atoms with Crippen LogP contribution in [0.1, 0.15) is 22.9 Å². The molecule has 2 bridgehead atoms. The first-order valence-electron chi connectivity index (χ1n) is 10.5. The summed E-state index contributed by atoms with van der Waals surface area (Å²) in [5.74, 6) is 1.05. The summed E-state index contributed by atoms with van der Waals surface area (Å²) in [4.78, 5) is 17.9. The van der Waals surface area contributed by atoms with Crippen LogP contribution < -0.4 is 15.4 Å². The topological polar surface area (TPSA) is 29.7 Å². The van der Waals surface area contributed by atoms with Crippen molar-refractivity contribution >= 4 is 17.0 Å². The number of fused-ring (bicyclic) bond motifs is 4. The molecule has 0 saturated carbocycles. The largest absolute Gasteiger partial charge is 0.378 e. The molecule has 1 unspecified atom stereocenters. The second-order valence-corrected chi connectivity index (χ2v) is 9.77. The van der Waals surface area contributed by atoms with Gasteiger partial charge < -0.3 is 14.4 Å². The van der Waals surface area contributed by atoms with E-state index in [4.69, 9.17) is 0 Å². The Morgan fingerprint density at radius 3 is 2.66 bits per heavy atom. The minimum absolute atomic E-state index is 0.157. The molecule has 1 saturated heterocycles. The van der Waals surface area contributed by atoms with Gasteiger partial charge in [-0.15, -0.1) is 11.3 Å². The third-order valence-electron chi connectivity index (χ3n) is 6.48. The van der Waals surface area contributed by atoms with Gasteiger partial charge in [-0.3, -0.25) is 4.79 Å². The van der Waals surface area contributed by atoms with Gasteiger partial charge in [0.2, 0.25) is 0 Å². The van der Waals surface area contributed by atoms with E-state index in [0.717, 1.165) is 19.6 Å². The molecule has 0 aliphatic carbocycles. The van der Waals surface area contributed by atoms with Gasteiger partial charge >= 0.3 is 0 Å². The number of thiophene rings is 1. The van der Waals surface area contributed by atoms with Crippen molar-refractivity contribution in [2.45, 2.75) is 25.4 Å². The number of likely N-dealkylation sites (tertiary alicyclic amines) is 1. The smallest absolute Gasteiger partial charge is 0.250 e. The Bertz CT molecular complexity index is 1050. The minimum atomic E-state index is 0.157. The summed E-state index contributed by atoms with van der Waals surface area (Å²) in [7, 11) is 4.12. The highest BCUT2D eigenvalue weighted by Crippen LogP contribution is 2.37. The maximum absolute atomic E-state index is 12.7. The first-order valence-corrected chi connectivity index (χ1v) is 11.3. The Labute approximate surface area is 176 Å². The molecular weight excluding hydrogens is 378 g/mol. The van der Waals surface area contributed by atoms with E-state index in [-0.39, 0.29) is 5.56 Å². The average molecular weight is 407 g/mol. The Kier molecular flexibility index (Phi) is 4.80. The highest BCUT2D eigenvalue weighted by molar-refractivity contribution is 7.09. The molecule has 1 N–H and O–H groups in total. The normalized spacial score (nSPS) is 22.9. The van der Waals surface area contributed by atoms with Crippen LogP contribution in [-0.2, 0) is 13.1 Å². The molecule has 2 aliphatic rings. The zero-order valence-corrected chi connectivity index (χ0v) is 17.9. The molecule has 3 aromatic rings. The van der Waals surface area contributed by atoms with Crippen LogP contribution in [0.4, 0.5) is 5.69 Å². The maximum atomic E-state index is 12.7. The predicted octanol–water partition coefficient (Wildman–Crippen LogP) is 2.85. The van der Waals surface area contributed by atoms with Crippen LogP contribution in [0.3, 0.4) is 0 Å². The number of piperidine rings is 1. The molecule has 3 atom stereocenters. The van der Waals surface area contributed by atoms with Crippen molar-refractivity contribution in [2.24, 2.45) is 5.92 Å². The minimum Gasteiger partial charge on any atom is -0.378 e.